The van der Waals surface area contributed by atoms with Crippen molar-refractivity contribution >= 4 is 23.1 Å². The van der Waals surface area contributed by atoms with Crippen molar-refractivity contribution in [2.45, 2.75) is 26.8 Å². The molecule has 0 radical (unpaired) electrons. The highest BCUT2D eigenvalue weighted by Crippen LogP contribution is 2.03. The van der Waals surface area contributed by atoms with Crippen LogP contribution in [0.15, 0.2) is 0 Å². The molecule has 0 spiro atoms. The molecule has 4 nitrogen and oxygen atoms in total. The fraction of sp³-hybridized carbons (Fsp3) is 0.778. The van der Waals surface area contributed by atoms with Crippen molar-refractivity contribution in [2.75, 3.05) is 13.1 Å². The monoisotopic (exact) mass is 217 g/mol. The van der Waals surface area contributed by atoms with Crippen LogP contribution in [0, 0.1) is 5.92 Å². The fourth-order valence-corrected chi connectivity index (χ4v) is 1.27. The highest BCUT2D eigenvalue weighted by molar-refractivity contribution is 7.80. The van der Waals surface area contributed by atoms with E-state index in [1.165, 1.54) is 0 Å². The number of rotatable bonds is 6. The Morgan fingerprint density at radius 2 is 1.86 bits per heavy atom. The molecule has 0 aromatic carbocycles. The zero-order valence-corrected chi connectivity index (χ0v) is 9.80. The normalized spacial score (nSPS) is 13.2. The van der Waals surface area contributed by atoms with E-state index in [2.05, 4.69) is 0 Å². The van der Waals surface area contributed by atoms with Crippen LogP contribution >= 0.6 is 12.2 Å². The van der Waals surface area contributed by atoms with Crippen LogP contribution in [-0.2, 0) is 4.79 Å². The van der Waals surface area contributed by atoms with Gasteiger partial charge >= 0.3 is 0 Å². The Morgan fingerprint density at radius 1 is 1.36 bits per heavy atom. The number of hydrogen-bond donors (Lipinski definition) is 2. The van der Waals surface area contributed by atoms with Gasteiger partial charge in [-0.15, -0.1) is 0 Å². The molecule has 0 aliphatic rings. The number of hydrogen-bond acceptors (Lipinski definition) is 3. The van der Waals surface area contributed by atoms with Crippen molar-refractivity contribution in [3.05, 3.63) is 0 Å². The molecule has 0 saturated carbocycles. The van der Waals surface area contributed by atoms with E-state index in [4.69, 9.17) is 23.7 Å². The molecule has 5 heteroatoms. The predicted molar refractivity (Wildman–Crippen MR) is 61.9 cm³/mol. The first-order valence-electron chi connectivity index (χ1n) is 4.66. The molecule has 0 heterocycles. The van der Waals surface area contributed by atoms with Gasteiger partial charge in [0.25, 0.3) is 0 Å². The minimum absolute atomic E-state index is 0.174. The van der Waals surface area contributed by atoms with E-state index < -0.39 is 0 Å². The lowest BCUT2D eigenvalue weighted by molar-refractivity contribution is -0.121. The Labute approximate surface area is 90.6 Å². The van der Waals surface area contributed by atoms with Gasteiger partial charge in [-0.25, -0.2) is 0 Å². The molecule has 82 valence electrons. The van der Waals surface area contributed by atoms with Gasteiger partial charge in [-0.05, 0) is 13.8 Å². The number of nitrogens with two attached hydrogens (primary N) is 2. The van der Waals surface area contributed by atoms with Gasteiger partial charge in [-0.3, -0.25) is 9.69 Å². The molecule has 0 aromatic rings. The summed E-state index contributed by atoms with van der Waals surface area (Å²) < 4.78 is 0. The van der Waals surface area contributed by atoms with Crippen molar-refractivity contribution in [3.63, 3.8) is 0 Å². The molecular formula is C9H19N3OS. The van der Waals surface area contributed by atoms with Gasteiger partial charge in [-0.2, -0.15) is 0 Å². The van der Waals surface area contributed by atoms with Crippen LogP contribution in [0.5, 0.6) is 0 Å². The van der Waals surface area contributed by atoms with Gasteiger partial charge in [0.15, 0.2) is 0 Å². The molecule has 0 aromatic heterocycles. The van der Waals surface area contributed by atoms with Crippen molar-refractivity contribution in [1.82, 2.24) is 4.90 Å². The van der Waals surface area contributed by atoms with Crippen LogP contribution in [0.2, 0.25) is 0 Å². The van der Waals surface area contributed by atoms with E-state index in [0.29, 0.717) is 24.1 Å². The molecule has 4 N–H and O–H groups in total. The Morgan fingerprint density at radius 3 is 2.14 bits per heavy atom. The summed E-state index contributed by atoms with van der Waals surface area (Å²) in [6, 6.07) is 0.304. The molecule has 1 unspecified atom stereocenters. The fourth-order valence-electron chi connectivity index (χ4n) is 1.10. The highest BCUT2D eigenvalue weighted by atomic mass is 32.1. The molecular weight excluding hydrogens is 198 g/mol. The van der Waals surface area contributed by atoms with Crippen molar-refractivity contribution in [2.24, 2.45) is 17.4 Å². The maximum atomic E-state index is 10.9. The standard InChI is InChI=1S/C9H19N3OS/c1-6(2)12(5-8(10)14)4-7(3)9(11)13/h6-7H,4-5H2,1-3H3,(H2,10,14)(H2,11,13). The summed E-state index contributed by atoms with van der Waals surface area (Å²) in [4.78, 5) is 13.4. The summed E-state index contributed by atoms with van der Waals surface area (Å²) in [5.74, 6) is -0.467. The molecule has 0 aliphatic carbocycles. The maximum Gasteiger partial charge on any atom is 0.221 e. The van der Waals surface area contributed by atoms with Crippen molar-refractivity contribution in [3.8, 4) is 0 Å². The summed E-state index contributed by atoms with van der Waals surface area (Å²) in [6.07, 6.45) is 0. The number of carbonyl (C=O) groups is 1. The van der Waals surface area contributed by atoms with E-state index in [-0.39, 0.29) is 11.8 Å². The van der Waals surface area contributed by atoms with E-state index in [0.717, 1.165) is 0 Å². The summed E-state index contributed by atoms with van der Waals surface area (Å²) in [5, 5.41) is 0. The first-order chi connectivity index (χ1) is 6.34. The highest BCUT2D eigenvalue weighted by Gasteiger charge is 2.17. The summed E-state index contributed by atoms with van der Waals surface area (Å²) in [6.45, 7) is 7.00. The lowest BCUT2D eigenvalue weighted by atomic mass is 10.1. The quantitative estimate of drug-likeness (QED) is 0.619. The zero-order valence-electron chi connectivity index (χ0n) is 8.99. The number of amides is 1. The summed E-state index contributed by atoms with van der Waals surface area (Å²) >= 11 is 4.83. The number of thiocarbonyl (C=S) groups is 1. The molecule has 14 heavy (non-hydrogen) atoms. The predicted octanol–water partition coefficient (Wildman–Crippen LogP) is 0.104. The lowest BCUT2D eigenvalue weighted by Gasteiger charge is -2.27. The number of nitrogens with zero attached hydrogens (tertiary/aromatic N) is 1. The van der Waals surface area contributed by atoms with Crippen LogP contribution in [0.1, 0.15) is 20.8 Å². The Bertz CT molecular complexity index is 218. The summed E-state index contributed by atoms with van der Waals surface area (Å²) in [7, 11) is 0. The van der Waals surface area contributed by atoms with E-state index >= 15 is 0 Å². The zero-order chi connectivity index (χ0) is 11.3. The SMILES string of the molecule is CC(CN(CC(N)=S)C(C)C)C(N)=O. The molecule has 0 saturated heterocycles. The third kappa shape index (κ3) is 5.14. The third-order valence-corrected chi connectivity index (χ3v) is 2.21. The first-order valence-corrected chi connectivity index (χ1v) is 5.07. The van der Waals surface area contributed by atoms with Gasteiger partial charge in [0.2, 0.25) is 5.91 Å². The number of primary amides is 1. The molecule has 0 aliphatic heterocycles. The topological polar surface area (TPSA) is 72.3 Å². The van der Waals surface area contributed by atoms with Gasteiger partial charge in [0, 0.05) is 25.0 Å². The summed E-state index contributed by atoms with van der Waals surface area (Å²) in [5.41, 5.74) is 10.6. The largest absolute Gasteiger partial charge is 0.392 e. The van der Waals surface area contributed by atoms with Gasteiger partial charge < -0.3 is 11.5 Å². The Hall–Kier alpha value is -0.680. The van der Waals surface area contributed by atoms with Crippen LogP contribution in [0.3, 0.4) is 0 Å². The van der Waals surface area contributed by atoms with E-state index in [1.54, 1.807) is 6.92 Å². The lowest BCUT2D eigenvalue weighted by Crippen LogP contribution is -2.42. The molecule has 0 bridgehead atoms. The van der Waals surface area contributed by atoms with E-state index in [1.807, 2.05) is 18.7 Å². The van der Waals surface area contributed by atoms with Crippen LogP contribution in [0.4, 0.5) is 0 Å². The molecule has 1 amide bonds. The first kappa shape index (κ1) is 13.3. The second-order valence-corrected chi connectivity index (χ2v) is 4.32. The van der Waals surface area contributed by atoms with Crippen molar-refractivity contribution in [1.29, 1.82) is 0 Å². The second-order valence-electron chi connectivity index (χ2n) is 3.79. The van der Waals surface area contributed by atoms with Crippen LogP contribution in [-0.4, -0.2) is 34.9 Å². The maximum absolute atomic E-state index is 10.9. The molecule has 1 atom stereocenters. The van der Waals surface area contributed by atoms with Gasteiger partial charge in [0.1, 0.15) is 0 Å². The van der Waals surface area contributed by atoms with Crippen LogP contribution < -0.4 is 11.5 Å². The van der Waals surface area contributed by atoms with Crippen LogP contribution in [0.25, 0.3) is 0 Å². The Balaban J connectivity index is 4.22. The van der Waals surface area contributed by atoms with Gasteiger partial charge in [0.05, 0.1) is 4.99 Å². The smallest absolute Gasteiger partial charge is 0.221 e. The average Bonchev–Trinajstić information content (AvgIpc) is 2.01. The van der Waals surface area contributed by atoms with Gasteiger partial charge in [-0.1, -0.05) is 19.1 Å². The van der Waals surface area contributed by atoms with E-state index in [9.17, 15) is 4.79 Å². The molecule has 0 fully saturated rings. The second kappa shape index (κ2) is 5.93. The Kier molecular flexibility index (Phi) is 5.64. The average molecular weight is 217 g/mol. The van der Waals surface area contributed by atoms with Crippen molar-refractivity contribution < 1.29 is 4.79 Å². The minimum atomic E-state index is -0.293. The third-order valence-electron chi connectivity index (χ3n) is 2.08. The molecule has 0 rings (SSSR count). The number of carbonyl (C=O) groups excluding carboxylic acids is 1. The minimum Gasteiger partial charge on any atom is -0.392 e.